The zero-order chi connectivity index (χ0) is 37.4. The largest absolute Gasteiger partial charge is 0.459 e. The van der Waals surface area contributed by atoms with E-state index in [1.54, 1.807) is 27.9 Å². The van der Waals surface area contributed by atoms with Crippen molar-refractivity contribution in [1.29, 1.82) is 0 Å². The van der Waals surface area contributed by atoms with Crippen LogP contribution in [-0.4, -0.2) is 140 Å². The van der Waals surface area contributed by atoms with E-state index in [0.717, 1.165) is 24.4 Å². The number of nitrogens with zero attached hydrogens (tertiary/aromatic N) is 4. The summed E-state index contributed by atoms with van der Waals surface area (Å²) in [5.41, 5.74) is 1.94. The zero-order valence-electron chi connectivity index (χ0n) is 32.3. The molecule has 12 nitrogen and oxygen atoms in total. The second kappa shape index (κ2) is 15.6. The number of likely N-dealkylation sites (N-methyl/N-ethyl adjacent to an activating group) is 2. The number of rotatable bonds is 6. The highest BCUT2D eigenvalue weighted by molar-refractivity contribution is 6.04. The lowest BCUT2D eigenvalue weighted by atomic mass is 9.74. The molecule has 12 heteroatoms. The number of benzene rings is 1. The molecular formula is C39H60N4O8. The fraction of sp³-hybridized carbons (Fsp3) is 0.718. The van der Waals surface area contributed by atoms with Crippen LogP contribution in [0.25, 0.3) is 0 Å². The van der Waals surface area contributed by atoms with Crippen molar-refractivity contribution in [3.63, 3.8) is 0 Å². The van der Waals surface area contributed by atoms with Gasteiger partial charge in [0.15, 0.2) is 12.1 Å². The summed E-state index contributed by atoms with van der Waals surface area (Å²) < 4.78 is 24.9. The maximum absolute atomic E-state index is 14.3. The smallest absolute Gasteiger partial charge is 0.319 e. The van der Waals surface area contributed by atoms with Crippen molar-refractivity contribution >= 4 is 17.7 Å². The van der Waals surface area contributed by atoms with Crippen molar-refractivity contribution in [1.82, 2.24) is 19.6 Å². The fourth-order valence-corrected chi connectivity index (χ4v) is 8.42. The van der Waals surface area contributed by atoms with Gasteiger partial charge in [-0.15, -0.1) is 0 Å². The summed E-state index contributed by atoms with van der Waals surface area (Å²) in [6.07, 6.45) is -1.83. The highest BCUT2D eigenvalue weighted by Crippen LogP contribution is 2.39. The molecule has 51 heavy (non-hydrogen) atoms. The third-order valence-corrected chi connectivity index (χ3v) is 11.5. The van der Waals surface area contributed by atoms with Crippen molar-refractivity contribution in [2.75, 3.05) is 61.0 Å². The molecule has 8 atom stereocenters. The fourth-order valence-electron chi connectivity index (χ4n) is 8.42. The topological polar surface area (TPSA) is 121 Å². The van der Waals surface area contributed by atoms with E-state index in [1.165, 1.54) is 11.1 Å². The van der Waals surface area contributed by atoms with E-state index in [0.29, 0.717) is 39.0 Å². The molecule has 0 aromatic heterocycles. The number of amides is 1. The van der Waals surface area contributed by atoms with Crippen LogP contribution in [0.5, 0.6) is 0 Å². The van der Waals surface area contributed by atoms with Crippen molar-refractivity contribution in [3.8, 4) is 0 Å². The van der Waals surface area contributed by atoms with Crippen molar-refractivity contribution < 1.29 is 38.4 Å². The van der Waals surface area contributed by atoms with E-state index < -0.39 is 41.4 Å². The Labute approximate surface area is 304 Å². The van der Waals surface area contributed by atoms with Crippen LogP contribution in [0, 0.1) is 17.3 Å². The first kappa shape index (κ1) is 39.3. The average molecular weight is 713 g/mol. The standard InChI is InChI=1S/C39H60N4O8/c1-24-16-39(6,48-10)35(51-36-33(45)30(40(7)8)15-25(2)50-36)26(3)34(46)38(4,5)37(47)49-23-31(41(9)17-24)29-20-43(21-29)32(44)22-42-18-27-13-11-12-14-28(27)19-42/h11-14,24-26,30,33,35-36,45H,15-23H2,1-10H3/t24-,25-,26+,30+,33-,35-,36+,39-/m1/s1. The molecule has 4 aliphatic heterocycles. The van der Waals surface area contributed by atoms with E-state index in [2.05, 4.69) is 28.9 Å². The summed E-state index contributed by atoms with van der Waals surface area (Å²) in [6.45, 7) is 14.3. The molecule has 0 saturated carbocycles. The highest BCUT2D eigenvalue weighted by Gasteiger charge is 2.51. The Morgan fingerprint density at radius 2 is 1.67 bits per heavy atom. The van der Waals surface area contributed by atoms with Crippen LogP contribution in [-0.2, 0) is 46.4 Å². The van der Waals surface area contributed by atoms with Gasteiger partial charge in [-0.3, -0.25) is 19.3 Å². The average Bonchev–Trinajstić information content (AvgIpc) is 3.46. The maximum Gasteiger partial charge on any atom is 0.319 e. The van der Waals surface area contributed by atoms with Gasteiger partial charge in [0.1, 0.15) is 18.1 Å². The first-order valence-electron chi connectivity index (χ1n) is 18.4. The second-order valence-electron chi connectivity index (χ2n) is 16.4. The van der Waals surface area contributed by atoms with Gasteiger partial charge in [-0.05, 0) is 77.2 Å². The number of Topliss-reactive ketones (excluding diaryl/α,β-unsaturated/α-hetero) is 1. The molecular weight excluding hydrogens is 652 g/mol. The van der Waals surface area contributed by atoms with Gasteiger partial charge in [0, 0.05) is 58.8 Å². The molecule has 1 amide bonds. The molecule has 0 aliphatic carbocycles. The predicted molar refractivity (Wildman–Crippen MR) is 192 cm³/mol. The molecule has 1 aromatic rings. The summed E-state index contributed by atoms with van der Waals surface area (Å²) in [4.78, 5) is 49.4. The molecule has 0 unspecified atom stereocenters. The lowest BCUT2D eigenvalue weighted by Crippen LogP contribution is -2.59. The zero-order valence-corrected chi connectivity index (χ0v) is 32.3. The normalized spacial score (nSPS) is 34.0. The molecule has 1 N–H and O–H groups in total. The minimum absolute atomic E-state index is 0.000659. The molecule has 0 radical (unpaired) electrons. The summed E-state index contributed by atoms with van der Waals surface area (Å²) >= 11 is 0. The SMILES string of the molecule is CO[C@]1(C)C[C@@H](C)CN(C)C(=C2CN(C(=O)CN3Cc4ccccc4C3)C2)COC(=O)C(C)(C)C(=O)[C@H](C)[C@H]1O[C@@H]1O[C@H](C)C[C@H](N(C)C)[C@H]1O. The number of hydrogen-bond acceptors (Lipinski definition) is 11. The van der Waals surface area contributed by atoms with Crippen LogP contribution in [0.1, 0.15) is 65.5 Å². The first-order valence-corrected chi connectivity index (χ1v) is 18.4. The minimum Gasteiger partial charge on any atom is -0.459 e. The Hall–Kier alpha value is -2.87. The van der Waals surface area contributed by atoms with E-state index in [9.17, 15) is 19.5 Å². The molecule has 3 saturated heterocycles. The number of esters is 1. The van der Waals surface area contributed by atoms with Gasteiger partial charge in [-0.1, -0.05) is 38.1 Å². The Bertz CT molecular complexity index is 1450. The highest BCUT2D eigenvalue weighted by atomic mass is 16.7. The molecule has 4 heterocycles. The van der Waals surface area contributed by atoms with Crippen LogP contribution in [0.2, 0.25) is 0 Å². The number of methoxy groups -OCH3 is 1. The summed E-state index contributed by atoms with van der Waals surface area (Å²) in [6, 6.07) is 8.10. The molecule has 5 rings (SSSR count). The number of cyclic esters (lactones) is 1. The Morgan fingerprint density at radius 1 is 1.04 bits per heavy atom. The predicted octanol–water partition coefficient (Wildman–Crippen LogP) is 3.06. The van der Waals surface area contributed by atoms with Crippen LogP contribution >= 0.6 is 0 Å². The van der Waals surface area contributed by atoms with Gasteiger partial charge >= 0.3 is 5.97 Å². The molecule has 4 aliphatic rings. The Balaban J connectivity index is 1.36. The summed E-state index contributed by atoms with van der Waals surface area (Å²) in [7, 11) is 7.41. The van der Waals surface area contributed by atoms with E-state index in [1.807, 2.05) is 56.9 Å². The number of carbonyl (C=O) groups excluding carboxylic acids is 3. The molecule has 1 aromatic carbocycles. The quantitative estimate of drug-likeness (QED) is 0.346. The van der Waals surface area contributed by atoms with Crippen molar-refractivity contribution in [3.05, 3.63) is 46.7 Å². The molecule has 0 bridgehead atoms. The van der Waals surface area contributed by atoms with E-state index in [4.69, 9.17) is 18.9 Å². The van der Waals surface area contributed by atoms with Crippen molar-refractivity contribution in [2.45, 2.75) is 104 Å². The Morgan fingerprint density at radius 3 is 2.25 bits per heavy atom. The summed E-state index contributed by atoms with van der Waals surface area (Å²) in [5, 5.41) is 11.4. The molecule has 0 spiro atoms. The maximum atomic E-state index is 14.3. The number of hydrogen-bond donors (Lipinski definition) is 1. The Kier molecular flexibility index (Phi) is 12.0. The third kappa shape index (κ3) is 8.36. The first-order chi connectivity index (χ1) is 23.9. The van der Waals surface area contributed by atoms with Gasteiger partial charge < -0.3 is 38.8 Å². The molecule has 3 fully saturated rings. The molecule has 284 valence electrons. The van der Waals surface area contributed by atoms with Crippen LogP contribution in [0.3, 0.4) is 0 Å². The van der Waals surface area contributed by atoms with E-state index >= 15 is 0 Å². The van der Waals surface area contributed by atoms with Crippen LogP contribution in [0.4, 0.5) is 0 Å². The van der Waals surface area contributed by atoms with Gasteiger partial charge in [0.05, 0.1) is 30.1 Å². The number of likely N-dealkylation sites (tertiary alicyclic amines) is 1. The van der Waals surface area contributed by atoms with Gasteiger partial charge in [-0.25, -0.2) is 0 Å². The minimum atomic E-state index is -1.50. The second-order valence-corrected chi connectivity index (χ2v) is 16.4. The lowest BCUT2D eigenvalue weighted by Gasteiger charge is -2.47. The van der Waals surface area contributed by atoms with Gasteiger partial charge in [-0.2, -0.15) is 0 Å². The summed E-state index contributed by atoms with van der Waals surface area (Å²) in [5.74, 6) is -1.66. The monoisotopic (exact) mass is 712 g/mol. The number of carbonyl (C=O) groups is 3. The number of aliphatic hydroxyl groups is 1. The number of fused-ring (bicyclic) bond motifs is 1. The number of aliphatic hydroxyl groups excluding tert-OH is 1. The van der Waals surface area contributed by atoms with Crippen molar-refractivity contribution in [2.24, 2.45) is 17.3 Å². The number of ether oxygens (including phenoxy) is 4. The third-order valence-electron chi connectivity index (χ3n) is 11.5. The van der Waals surface area contributed by atoms with E-state index in [-0.39, 0.29) is 36.4 Å². The van der Waals surface area contributed by atoms with Gasteiger partial charge in [0.2, 0.25) is 5.91 Å². The lowest BCUT2D eigenvalue weighted by molar-refractivity contribution is -0.295. The van der Waals surface area contributed by atoms with Crippen LogP contribution < -0.4 is 0 Å². The van der Waals surface area contributed by atoms with Gasteiger partial charge in [0.25, 0.3) is 0 Å². The van der Waals surface area contributed by atoms with Crippen LogP contribution in [0.15, 0.2) is 35.5 Å². The number of ketones is 1.